The summed E-state index contributed by atoms with van der Waals surface area (Å²) in [7, 11) is -3.63. The van der Waals surface area contributed by atoms with Crippen LogP contribution in [-0.4, -0.2) is 32.5 Å². The second kappa shape index (κ2) is 9.04. The van der Waals surface area contributed by atoms with Crippen molar-refractivity contribution in [3.05, 3.63) is 48.4 Å². The van der Waals surface area contributed by atoms with Crippen LogP contribution in [-0.2, 0) is 26.0 Å². The number of carbonyl (C=O) groups excluding carboxylic acids is 2. The maximum atomic E-state index is 12.1. The first kappa shape index (κ1) is 19.5. The smallest absolute Gasteiger partial charge is 0.234 e. The molecule has 0 unspecified atom stereocenters. The molecule has 1 heterocycles. The van der Waals surface area contributed by atoms with Crippen molar-refractivity contribution < 1.29 is 22.4 Å². The predicted octanol–water partition coefficient (Wildman–Crippen LogP) is 1.73. The normalized spacial score (nSPS) is 11.0. The molecule has 0 aliphatic heterocycles. The lowest BCUT2D eigenvalue weighted by Gasteiger charge is -2.10. The fourth-order valence-electron chi connectivity index (χ4n) is 2.20. The molecule has 0 atom stereocenters. The Hall–Kier alpha value is -2.81. The molecule has 3 N–H and O–H groups in total. The fraction of sp³-hybridized carbons (Fsp3) is 0.294. The third kappa shape index (κ3) is 6.98. The Kier molecular flexibility index (Phi) is 6.79. The number of hydrogen-bond acceptors (Lipinski definition) is 5. The summed E-state index contributed by atoms with van der Waals surface area (Å²) in [4.78, 5) is 22.8. The van der Waals surface area contributed by atoms with Crippen molar-refractivity contribution in [3.8, 4) is 0 Å². The van der Waals surface area contributed by atoms with Gasteiger partial charge in [-0.25, -0.2) is 8.42 Å². The van der Waals surface area contributed by atoms with Gasteiger partial charge in [-0.05, 0) is 30.3 Å². The zero-order valence-electron chi connectivity index (χ0n) is 14.3. The maximum absolute atomic E-state index is 12.1. The predicted molar refractivity (Wildman–Crippen MR) is 98.2 cm³/mol. The highest BCUT2D eigenvalue weighted by Crippen LogP contribution is 2.16. The maximum Gasteiger partial charge on any atom is 0.234 e. The van der Waals surface area contributed by atoms with E-state index in [1.165, 1.54) is 19.3 Å². The number of hydrogen-bond donors (Lipinski definition) is 3. The van der Waals surface area contributed by atoms with Gasteiger partial charge in [0.25, 0.3) is 0 Å². The van der Waals surface area contributed by atoms with Gasteiger partial charge in [0.05, 0.1) is 17.7 Å². The van der Waals surface area contributed by atoms with Gasteiger partial charge in [0.2, 0.25) is 21.8 Å². The minimum absolute atomic E-state index is 0.00227. The van der Waals surface area contributed by atoms with Gasteiger partial charge in [-0.3, -0.25) is 14.3 Å². The van der Waals surface area contributed by atoms with Crippen LogP contribution in [0, 0.1) is 0 Å². The van der Waals surface area contributed by atoms with Crippen molar-refractivity contribution in [2.75, 3.05) is 22.3 Å². The van der Waals surface area contributed by atoms with Crippen molar-refractivity contribution in [1.82, 2.24) is 5.32 Å². The third-order valence-corrected chi connectivity index (χ3v) is 4.62. The summed E-state index contributed by atoms with van der Waals surface area (Å²) < 4.78 is 31.7. The minimum atomic E-state index is -3.63. The number of rotatable bonds is 9. The molecular weight excluding hydrogens is 358 g/mol. The molecule has 0 radical (unpaired) electrons. The molecule has 8 nitrogen and oxygen atoms in total. The molecule has 1 aromatic carbocycles. The Morgan fingerprint density at radius 2 is 1.88 bits per heavy atom. The molecule has 9 heteroatoms. The van der Waals surface area contributed by atoms with E-state index in [1.807, 2.05) is 0 Å². The molecule has 0 saturated carbocycles. The summed E-state index contributed by atoms with van der Waals surface area (Å²) in [6, 6.07) is 9.88. The average Bonchev–Trinajstić information content (AvgIpc) is 3.05. The first-order chi connectivity index (χ1) is 12.3. The van der Waals surface area contributed by atoms with Crippen LogP contribution in [0.3, 0.4) is 0 Å². The van der Waals surface area contributed by atoms with Crippen molar-refractivity contribution in [2.45, 2.75) is 19.8 Å². The largest absolute Gasteiger partial charge is 0.469 e. The van der Waals surface area contributed by atoms with Gasteiger partial charge in [-0.15, -0.1) is 0 Å². The second-order valence-corrected chi connectivity index (χ2v) is 7.45. The molecule has 2 aromatic rings. The van der Waals surface area contributed by atoms with E-state index < -0.39 is 10.0 Å². The Labute approximate surface area is 152 Å². The number of sulfonamides is 1. The first-order valence-electron chi connectivity index (χ1n) is 8.01. The monoisotopic (exact) mass is 379 g/mol. The molecule has 0 bridgehead atoms. The lowest BCUT2D eigenvalue weighted by molar-refractivity contribution is -0.121. The lowest BCUT2D eigenvalue weighted by atomic mass is 10.2. The van der Waals surface area contributed by atoms with Crippen LogP contribution in [0.25, 0.3) is 0 Å². The highest BCUT2D eigenvalue weighted by molar-refractivity contribution is 7.92. The van der Waals surface area contributed by atoms with Crippen LogP contribution in [0.4, 0.5) is 11.4 Å². The van der Waals surface area contributed by atoms with E-state index in [-0.39, 0.29) is 30.5 Å². The number of carbonyl (C=O) groups is 2. The number of aryl methyl sites for hydroxylation is 1. The Balaban J connectivity index is 1.77. The highest BCUT2D eigenvalue weighted by atomic mass is 32.2. The van der Waals surface area contributed by atoms with Crippen LogP contribution in [0.15, 0.2) is 47.1 Å². The van der Waals surface area contributed by atoms with Gasteiger partial charge in [-0.1, -0.05) is 6.07 Å². The standard InChI is InChI=1S/C17H21N3O5S/c1-13(21)19-14-4-2-5-15(12-14)20-26(23,24)11-9-18-17(22)8-7-16-6-3-10-25-16/h2-6,10,12,20H,7-9,11H2,1H3,(H,18,22)(H,19,21). The fourth-order valence-corrected chi connectivity index (χ4v) is 3.16. The van der Waals surface area contributed by atoms with Gasteiger partial charge >= 0.3 is 0 Å². The molecule has 0 fully saturated rings. The molecule has 0 aliphatic rings. The van der Waals surface area contributed by atoms with Crippen LogP contribution in [0.2, 0.25) is 0 Å². The summed E-state index contributed by atoms with van der Waals surface area (Å²) in [6.45, 7) is 1.36. The molecule has 2 amide bonds. The van der Waals surface area contributed by atoms with E-state index in [4.69, 9.17) is 4.42 Å². The zero-order chi connectivity index (χ0) is 19.0. The highest BCUT2D eigenvalue weighted by Gasteiger charge is 2.12. The van der Waals surface area contributed by atoms with E-state index in [0.717, 1.165) is 0 Å². The first-order valence-corrected chi connectivity index (χ1v) is 9.66. The van der Waals surface area contributed by atoms with Crippen molar-refractivity contribution in [1.29, 1.82) is 0 Å². The van der Waals surface area contributed by atoms with Crippen molar-refractivity contribution in [2.24, 2.45) is 0 Å². The lowest BCUT2D eigenvalue weighted by Crippen LogP contribution is -2.31. The molecule has 26 heavy (non-hydrogen) atoms. The summed E-state index contributed by atoms with van der Waals surface area (Å²) >= 11 is 0. The van der Waals surface area contributed by atoms with Gasteiger partial charge in [0.15, 0.2) is 0 Å². The molecule has 2 rings (SSSR count). The second-order valence-electron chi connectivity index (χ2n) is 5.61. The molecule has 0 saturated heterocycles. The van der Waals surface area contributed by atoms with E-state index in [0.29, 0.717) is 23.6 Å². The van der Waals surface area contributed by atoms with Crippen LogP contribution >= 0.6 is 0 Å². The van der Waals surface area contributed by atoms with Gasteiger partial charge < -0.3 is 15.1 Å². The number of nitrogens with one attached hydrogen (secondary N) is 3. The average molecular weight is 379 g/mol. The zero-order valence-corrected chi connectivity index (χ0v) is 15.1. The summed E-state index contributed by atoms with van der Waals surface area (Å²) in [6.07, 6.45) is 2.21. The van der Waals surface area contributed by atoms with Gasteiger partial charge in [0, 0.05) is 32.0 Å². The Bertz CT molecular complexity index is 847. The van der Waals surface area contributed by atoms with Crippen LogP contribution in [0.1, 0.15) is 19.1 Å². The molecule has 1 aromatic heterocycles. The van der Waals surface area contributed by atoms with Crippen molar-refractivity contribution in [3.63, 3.8) is 0 Å². The topological polar surface area (TPSA) is 118 Å². The number of amides is 2. The summed E-state index contributed by atoms with van der Waals surface area (Å²) in [5.41, 5.74) is 0.823. The van der Waals surface area contributed by atoms with E-state index in [1.54, 1.807) is 30.3 Å². The summed E-state index contributed by atoms with van der Waals surface area (Å²) in [5.74, 6) is -0.0517. The van der Waals surface area contributed by atoms with Crippen molar-refractivity contribution >= 4 is 33.2 Å². The van der Waals surface area contributed by atoms with Gasteiger partial charge in [0.1, 0.15) is 5.76 Å². The minimum Gasteiger partial charge on any atom is -0.469 e. The van der Waals surface area contributed by atoms with E-state index in [2.05, 4.69) is 15.4 Å². The SMILES string of the molecule is CC(=O)Nc1cccc(NS(=O)(=O)CCNC(=O)CCc2ccco2)c1. The third-order valence-electron chi connectivity index (χ3n) is 3.33. The van der Waals surface area contributed by atoms with Crippen LogP contribution in [0.5, 0.6) is 0 Å². The van der Waals surface area contributed by atoms with Crippen LogP contribution < -0.4 is 15.4 Å². The Morgan fingerprint density at radius 1 is 1.12 bits per heavy atom. The number of furan rings is 1. The molecule has 0 spiro atoms. The molecular formula is C17H21N3O5S. The van der Waals surface area contributed by atoms with E-state index in [9.17, 15) is 18.0 Å². The molecule has 0 aliphatic carbocycles. The number of benzene rings is 1. The molecule has 140 valence electrons. The quantitative estimate of drug-likeness (QED) is 0.613. The summed E-state index contributed by atoms with van der Waals surface area (Å²) in [5, 5.41) is 5.14. The van der Waals surface area contributed by atoms with E-state index >= 15 is 0 Å². The number of anilines is 2. The Morgan fingerprint density at radius 3 is 2.58 bits per heavy atom. The van der Waals surface area contributed by atoms with Gasteiger partial charge in [-0.2, -0.15) is 0 Å².